The van der Waals surface area contributed by atoms with Crippen molar-refractivity contribution in [3.8, 4) is 0 Å². The predicted octanol–water partition coefficient (Wildman–Crippen LogP) is 1.15. The van der Waals surface area contributed by atoms with Crippen LogP contribution < -0.4 is 0 Å². The summed E-state index contributed by atoms with van der Waals surface area (Å²) in [5, 5.41) is 4.13. The number of methoxy groups -OCH3 is 1. The summed E-state index contributed by atoms with van der Waals surface area (Å²) in [6.45, 7) is 6.23. The maximum Gasteiger partial charge on any atom is 0.254 e. The van der Waals surface area contributed by atoms with Crippen LogP contribution in [-0.2, 0) is 20.9 Å². The molecule has 3 rings (SSSR count). The first-order valence-corrected chi connectivity index (χ1v) is 9.13. The number of amides is 2. The first-order valence-electron chi connectivity index (χ1n) is 9.13. The van der Waals surface area contributed by atoms with Crippen molar-refractivity contribution in [3.63, 3.8) is 0 Å². The highest BCUT2D eigenvalue weighted by atomic mass is 16.5. The van der Waals surface area contributed by atoms with Gasteiger partial charge in [-0.3, -0.25) is 14.3 Å². The summed E-state index contributed by atoms with van der Waals surface area (Å²) in [5.41, 5.74) is 0. The molecular formula is C18H28N4O3. The van der Waals surface area contributed by atoms with E-state index < -0.39 is 0 Å². The van der Waals surface area contributed by atoms with Gasteiger partial charge in [-0.25, -0.2) is 0 Å². The number of hydrogen-bond donors (Lipinski definition) is 0. The van der Waals surface area contributed by atoms with Crippen LogP contribution in [0.3, 0.4) is 0 Å². The van der Waals surface area contributed by atoms with Crippen molar-refractivity contribution < 1.29 is 14.3 Å². The lowest BCUT2D eigenvalue weighted by atomic mass is 9.79. The van der Waals surface area contributed by atoms with Gasteiger partial charge in [0.1, 0.15) is 0 Å². The number of rotatable bonds is 6. The van der Waals surface area contributed by atoms with Crippen LogP contribution in [0.15, 0.2) is 18.5 Å². The van der Waals surface area contributed by atoms with Crippen LogP contribution in [0.25, 0.3) is 0 Å². The molecule has 0 aromatic carbocycles. The van der Waals surface area contributed by atoms with Crippen LogP contribution in [0.4, 0.5) is 0 Å². The third kappa shape index (κ3) is 3.56. The molecule has 138 valence electrons. The molecule has 1 aromatic heterocycles. The van der Waals surface area contributed by atoms with E-state index >= 15 is 0 Å². The predicted molar refractivity (Wildman–Crippen MR) is 92.7 cm³/mol. The third-order valence-electron chi connectivity index (χ3n) is 5.43. The van der Waals surface area contributed by atoms with Crippen LogP contribution in [0.2, 0.25) is 0 Å². The van der Waals surface area contributed by atoms with Crippen LogP contribution in [0.1, 0.15) is 33.1 Å². The topological polar surface area (TPSA) is 67.7 Å². The molecule has 2 aliphatic heterocycles. The molecule has 7 heteroatoms. The van der Waals surface area contributed by atoms with Gasteiger partial charge >= 0.3 is 0 Å². The average molecular weight is 348 g/mol. The Bertz CT molecular complexity index is 593. The molecule has 0 saturated carbocycles. The Morgan fingerprint density at radius 2 is 2.08 bits per heavy atom. The van der Waals surface area contributed by atoms with Crippen molar-refractivity contribution in [3.05, 3.63) is 18.5 Å². The van der Waals surface area contributed by atoms with Gasteiger partial charge in [-0.1, -0.05) is 0 Å². The number of hydrogen-bond acceptors (Lipinski definition) is 4. The molecule has 25 heavy (non-hydrogen) atoms. The van der Waals surface area contributed by atoms with Gasteiger partial charge in [0.25, 0.3) is 5.91 Å². The molecule has 2 aliphatic rings. The molecule has 2 saturated heterocycles. The summed E-state index contributed by atoms with van der Waals surface area (Å²) in [5.74, 6) is 0.683. The lowest BCUT2D eigenvalue weighted by molar-refractivity contribution is -0.182. The first kappa shape index (κ1) is 17.9. The van der Waals surface area contributed by atoms with E-state index in [1.165, 1.54) is 0 Å². The highest BCUT2D eigenvalue weighted by molar-refractivity contribution is 5.88. The minimum atomic E-state index is -0.311. The minimum absolute atomic E-state index is 0.0974. The van der Waals surface area contributed by atoms with Crippen molar-refractivity contribution in [2.75, 3.05) is 20.2 Å². The van der Waals surface area contributed by atoms with Crippen LogP contribution in [0, 0.1) is 5.92 Å². The van der Waals surface area contributed by atoms with Gasteiger partial charge in [0.15, 0.2) is 6.10 Å². The molecule has 0 spiro atoms. The smallest absolute Gasteiger partial charge is 0.254 e. The van der Waals surface area contributed by atoms with Crippen molar-refractivity contribution >= 4 is 11.8 Å². The number of ether oxygens (including phenoxy) is 1. The molecule has 2 amide bonds. The molecule has 0 bridgehead atoms. The molecule has 0 radical (unpaired) electrons. The van der Waals surface area contributed by atoms with Crippen LogP contribution >= 0.6 is 0 Å². The normalized spacial score (nSPS) is 24.7. The van der Waals surface area contributed by atoms with E-state index in [9.17, 15) is 9.59 Å². The highest BCUT2D eigenvalue weighted by Gasteiger charge is 2.52. The summed E-state index contributed by atoms with van der Waals surface area (Å²) < 4.78 is 7.20. The molecule has 1 aromatic rings. The zero-order valence-electron chi connectivity index (χ0n) is 15.3. The SMILES string of the molecule is COC1C(=O)N(C(C)C)C1C1CCN(C(=O)CCn2cccn2)CC1. The molecule has 0 N–H and O–H groups in total. The third-order valence-corrected chi connectivity index (χ3v) is 5.43. The molecule has 0 aliphatic carbocycles. The number of carbonyl (C=O) groups excluding carboxylic acids is 2. The van der Waals surface area contributed by atoms with Crippen molar-refractivity contribution in [2.45, 2.75) is 57.8 Å². The van der Waals surface area contributed by atoms with Gasteiger partial charge in [-0.2, -0.15) is 5.10 Å². The Balaban J connectivity index is 1.51. The zero-order chi connectivity index (χ0) is 18.0. The maximum atomic E-state index is 12.4. The molecule has 7 nitrogen and oxygen atoms in total. The summed E-state index contributed by atoms with van der Waals surface area (Å²) in [7, 11) is 1.61. The Morgan fingerprint density at radius 1 is 1.36 bits per heavy atom. The number of aromatic nitrogens is 2. The van der Waals surface area contributed by atoms with E-state index in [2.05, 4.69) is 5.10 Å². The summed E-state index contributed by atoms with van der Waals surface area (Å²) in [6.07, 6.45) is 5.62. The van der Waals surface area contributed by atoms with E-state index in [0.29, 0.717) is 18.9 Å². The second-order valence-electron chi connectivity index (χ2n) is 7.22. The molecular weight excluding hydrogens is 320 g/mol. The monoisotopic (exact) mass is 348 g/mol. The maximum absolute atomic E-state index is 12.4. The molecule has 3 heterocycles. The Hall–Kier alpha value is -1.89. The standard InChI is InChI=1S/C18H28N4O3/c1-13(2)22-16(17(25-3)18(22)24)14-5-10-20(11-6-14)15(23)7-12-21-9-4-8-19-21/h4,8-9,13-14,16-17H,5-7,10-12H2,1-3H3. The highest BCUT2D eigenvalue weighted by Crippen LogP contribution is 2.36. The van der Waals surface area contributed by atoms with Gasteiger partial charge < -0.3 is 14.5 Å². The van der Waals surface area contributed by atoms with E-state index in [0.717, 1.165) is 25.9 Å². The molecule has 2 unspecified atom stereocenters. The van der Waals surface area contributed by atoms with Gasteiger partial charge in [-0.15, -0.1) is 0 Å². The van der Waals surface area contributed by atoms with Gasteiger partial charge in [0.05, 0.1) is 6.04 Å². The van der Waals surface area contributed by atoms with Crippen molar-refractivity contribution in [1.29, 1.82) is 0 Å². The summed E-state index contributed by atoms with van der Waals surface area (Å²) >= 11 is 0. The van der Waals surface area contributed by atoms with Gasteiger partial charge in [0, 0.05) is 51.6 Å². The number of aryl methyl sites for hydroxylation is 1. The second-order valence-corrected chi connectivity index (χ2v) is 7.22. The van der Waals surface area contributed by atoms with E-state index in [-0.39, 0.29) is 30.0 Å². The number of piperidine rings is 1. The van der Waals surface area contributed by atoms with E-state index in [4.69, 9.17) is 4.74 Å². The number of nitrogens with zero attached hydrogens (tertiary/aromatic N) is 4. The fraction of sp³-hybridized carbons (Fsp3) is 0.722. The number of carbonyl (C=O) groups is 2. The Kier molecular flexibility index (Phi) is 5.42. The Labute approximate surface area is 148 Å². The minimum Gasteiger partial charge on any atom is -0.369 e. The van der Waals surface area contributed by atoms with Crippen LogP contribution in [0.5, 0.6) is 0 Å². The fourth-order valence-electron chi connectivity index (χ4n) is 4.11. The second kappa shape index (κ2) is 7.56. The van der Waals surface area contributed by atoms with E-state index in [1.54, 1.807) is 18.0 Å². The molecule has 2 atom stereocenters. The zero-order valence-corrected chi connectivity index (χ0v) is 15.3. The summed E-state index contributed by atoms with van der Waals surface area (Å²) in [4.78, 5) is 28.5. The molecule has 2 fully saturated rings. The Morgan fingerprint density at radius 3 is 2.64 bits per heavy atom. The van der Waals surface area contributed by atoms with Crippen molar-refractivity contribution in [1.82, 2.24) is 19.6 Å². The lowest BCUT2D eigenvalue weighted by Crippen LogP contribution is -2.70. The van der Waals surface area contributed by atoms with Gasteiger partial charge in [-0.05, 0) is 38.7 Å². The van der Waals surface area contributed by atoms with Crippen LogP contribution in [-0.4, -0.2) is 69.8 Å². The number of β-lactam (4-membered cyclic amide) rings is 1. The number of likely N-dealkylation sites (tertiary alicyclic amines) is 2. The van der Waals surface area contributed by atoms with Gasteiger partial charge in [0.2, 0.25) is 5.91 Å². The van der Waals surface area contributed by atoms with E-state index in [1.807, 2.05) is 35.9 Å². The first-order chi connectivity index (χ1) is 12.0. The van der Waals surface area contributed by atoms with Crippen molar-refractivity contribution in [2.24, 2.45) is 5.92 Å². The largest absolute Gasteiger partial charge is 0.369 e. The lowest BCUT2D eigenvalue weighted by Gasteiger charge is -2.53. The summed E-state index contributed by atoms with van der Waals surface area (Å²) in [6, 6.07) is 2.21. The quantitative estimate of drug-likeness (QED) is 0.723. The average Bonchev–Trinajstić information content (AvgIpc) is 3.11. The fourth-order valence-corrected chi connectivity index (χ4v) is 4.11.